The summed E-state index contributed by atoms with van der Waals surface area (Å²) >= 11 is 1.73. The molecule has 0 spiro atoms. The van der Waals surface area contributed by atoms with E-state index in [0.29, 0.717) is 4.90 Å². The molecule has 108 valence electrons. The molecule has 0 radical (unpaired) electrons. The summed E-state index contributed by atoms with van der Waals surface area (Å²) in [4.78, 5) is 1.65. The van der Waals surface area contributed by atoms with Crippen LogP contribution in [0.1, 0.15) is 22.9 Å². The van der Waals surface area contributed by atoms with E-state index in [4.69, 9.17) is 5.84 Å². The van der Waals surface area contributed by atoms with Crippen LogP contribution in [-0.4, -0.2) is 14.7 Å². The quantitative estimate of drug-likeness (QED) is 0.634. The first-order chi connectivity index (χ1) is 9.50. The van der Waals surface area contributed by atoms with E-state index in [1.165, 1.54) is 11.1 Å². The molecule has 0 saturated carbocycles. The summed E-state index contributed by atoms with van der Waals surface area (Å²) in [5, 5.41) is 2.06. The van der Waals surface area contributed by atoms with Crippen LogP contribution in [0.25, 0.3) is 0 Å². The van der Waals surface area contributed by atoms with E-state index in [0.717, 1.165) is 18.4 Å². The zero-order valence-corrected chi connectivity index (χ0v) is 12.9. The highest BCUT2D eigenvalue weighted by Gasteiger charge is 2.12. The number of sulfone groups is 1. The van der Waals surface area contributed by atoms with E-state index in [1.54, 1.807) is 23.5 Å². The van der Waals surface area contributed by atoms with E-state index in [9.17, 15) is 8.42 Å². The van der Waals surface area contributed by atoms with Crippen molar-refractivity contribution in [1.82, 2.24) is 5.43 Å². The molecule has 0 amide bonds. The van der Waals surface area contributed by atoms with Crippen molar-refractivity contribution in [3.8, 4) is 0 Å². The van der Waals surface area contributed by atoms with Crippen LogP contribution in [0.5, 0.6) is 0 Å². The Bertz CT molecular complexity index is 634. The number of aryl methyl sites for hydroxylation is 1. The first kappa shape index (κ1) is 15.2. The summed E-state index contributed by atoms with van der Waals surface area (Å²) in [6, 6.07) is 11.0. The maximum absolute atomic E-state index is 11.4. The van der Waals surface area contributed by atoms with Crippen molar-refractivity contribution in [2.75, 3.05) is 6.26 Å². The Kier molecular flexibility index (Phi) is 4.93. The van der Waals surface area contributed by atoms with Gasteiger partial charge < -0.3 is 0 Å². The number of benzene rings is 1. The lowest BCUT2D eigenvalue weighted by molar-refractivity contribution is 0.518. The third kappa shape index (κ3) is 3.89. The number of nitrogens with one attached hydrogen (secondary N) is 1. The standard InChI is InChI=1S/C14H18N2O2S2/c1-20(17,18)13-7-4-11(5-8-13)14(16-15)9-6-12-3-2-10-19-12/h2-5,7-8,10,14,16H,6,9,15H2,1H3. The van der Waals surface area contributed by atoms with Crippen molar-refractivity contribution < 1.29 is 8.42 Å². The first-order valence-electron chi connectivity index (χ1n) is 6.29. The molecule has 2 aromatic rings. The van der Waals surface area contributed by atoms with Gasteiger partial charge in [-0.05, 0) is 42.0 Å². The van der Waals surface area contributed by atoms with Crippen molar-refractivity contribution in [1.29, 1.82) is 0 Å². The van der Waals surface area contributed by atoms with Crippen molar-refractivity contribution in [3.05, 3.63) is 52.2 Å². The van der Waals surface area contributed by atoms with Gasteiger partial charge in [-0.2, -0.15) is 0 Å². The van der Waals surface area contributed by atoms with Crippen LogP contribution in [0.3, 0.4) is 0 Å². The van der Waals surface area contributed by atoms with Gasteiger partial charge in [-0.1, -0.05) is 18.2 Å². The SMILES string of the molecule is CS(=O)(=O)c1ccc(C(CCc2cccs2)NN)cc1. The summed E-state index contributed by atoms with van der Waals surface area (Å²) in [5.41, 5.74) is 3.79. The number of nitrogens with two attached hydrogens (primary N) is 1. The predicted octanol–water partition coefficient (Wildman–Crippen LogP) is 2.29. The predicted molar refractivity (Wildman–Crippen MR) is 82.3 cm³/mol. The Labute approximate surface area is 123 Å². The van der Waals surface area contributed by atoms with E-state index in [-0.39, 0.29) is 6.04 Å². The minimum atomic E-state index is -3.15. The molecule has 0 bridgehead atoms. The molecule has 1 aromatic heterocycles. The van der Waals surface area contributed by atoms with Gasteiger partial charge in [0.15, 0.2) is 9.84 Å². The molecule has 6 heteroatoms. The molecule has 1 unspecified atom stereocenters. The molecule has 0 fully saturated rings. The lowest BCUT2D eigenvalue weighted by atomic mass is 10.0. The van der Waals surface area contributed by atoms with Gasteiger partial charge in [0.25, 0.3) is 0 Å². The highest BCUT2D eigenvalue weighted by Crippen LogP contribution is 2.22. The average molecular weight is 310 g/mol. The molecule has 1 aromatic carbocycles. The lowest BCUT2D eigenvalue weighted by Crippen LogP contribution is -2.28. The zero-order chi connectivity index (χ0) is 14.6. The van der Waals surface area contributed by atoms with Crippen molar-refractivity contribution in [2.45, 2.75) is 23.8 Å². The van der Waals surface area contributed by atoms with Crippen LogP contribution in [-0.2, 0) is 16.3 Å². The molecule has 3 N–H and O–H groups in total. The smallest absolute Gasteiger partial charge is 0.175 e. The Balaban J connectivity index is 2.07. The molecular weight excluding hydrogens is 292 g/mol. The maximum Gasteiger partial charge on any atom is 0.175 e. The first-order valence-corrected chi connectivity index (χ1v) is 9.06. The molecule has 4 nitrogen and oxygen atoms in total. The third-order valence-electron chi connectivity index (χ3n) is 3.17. The monoisotopic (exact) mass is 310 g/mol. The topological polar surface area (TPSA) is 72.2 Å². The third-order valence-corrected chi connectivity index (χ3v) is 5.24. The second kappa shape index (κ2) is 6.49. The zero-order valence-electron chi connectivity index (χ0n) is 11.2. The minimum Gasteiger partial charge on any atom is -0.271 e. The van der Waals surface area contributed by atoms with Gasteiger partial charge in [-0.3, -0.25) is 11.3 Å². The largest absolute Gasteiger partial charge is 0.271 e. The van der Waals surface area contributed by atoms with Gasteiger partial charge in [-0.15, -0.1) is 11.3 Å². The maximum atomic E-state index is 11.4. The van der Waals surface area contributed by atoms with Crippen LogP contribution in [0, 0.1) is 0 Å². The Morgan fingerprint density at radius 1 is 1.25 bits per heavy atom. The fraction of sp³-hybridized carbons (Fsp3) is 0.286. The van der Waals surface area contributed by atoms with Crippen LogP contribution < -0.4 is 11.3 Å². The van der Waals surface area contributed by atoms with Gasteiger partial charge in [0.2, 0.25) is 0 Å². The van der Waals surface area contributed by atoms with E-state index in [1.807, 2.05) is 18.2 Å². The minimum absolute atomic E-state index is 0.0192. The summed E-state index contributed by atoms with van der Waals surface area (Å²) in [6.45, 7) is 0. The fourth-order valence-corrected chi connectivity index (χ4v) is 3.39. The Hall–Kier alpha value is -1.21. The molecule has 0 aliphatic heterocycles. The van der Waals surface area contributed by atoms with Gasteiger partial charge in [0, 0.05) is 17.2 Å². The second-order valence-corrected chi connectivity index (χ2v) is 7.73. The van der Waals surface area contributed by atoms with Gasteiger partial charge >= 0.3 is 0 Å². The molecule has 0 aliphatic carbocycles. The van der Waals surface area contributed by atoms with Gasteiger partial charge in [0.05, 0.1) is 4.90 Å². The van der Waals surface area contributed by atoms with Gasteiger partial charge in [-0.25, -0.2) is 8.42 Å². The summed E-state index contributed by atoms with van der Waals surface area (Å²) in [6.07, 6.45) is 3.02. The summed E-state index contributed by atoms with van der Waals surface area (Å²) < 4.78 is 22.9. The van der Waals surface area contributed by atoms with Crippen LogP contribution in [0.15, 0.2) is 46.7 Å². The van der Waals surface area contributed by atoms with Crippen LogP contribution in [0.2, 0.25) is 0 Å². The lowest BCUT2D eigenvalue weighted by Gasteiger charge is -2.16. The van der Waals surface area contributed by atoms with E-state index < -0.39 is 9.84 Å². The normalized spacial score (nSPS) is 13.3. The van der Waals surface area contributed by atoms with Gasteiger partial charge in [0.1, 0.15) is 0 Å². The summed E-state index contributed by atoms with van der Waals surface area (Å²) in [5.74, 6) is 5.60. The number of rotatable bonds is 6. The molecule has 0 saturated heterocycles. The Morgan fingerprint density at radius 2 is 1.95 bits per heavy atom. The molecule has 1 atom stereocenters. The number of thiophene rings is 1. The number of hydrazine groups is 1. The van der Waals surface area contributed by atoms with Crippen molar-refractivity contribution in [2.24, 2.45) is 5.84 Å². The van der Waals surface area contributed by atoms with Crippen molar-refractivity contribution in [3.63, 3.8) is 0 Å². The van der Waals surface area contributed by atoms with Crippen molar-refractivity contribution >= 4 is 21.2 Å². The fourth-order valence-electron chi connectivity index (χ4n) is 2.03. The highest BCUT2D eigenvalue weighted by atomic mass is 32.2. The molecule has 1 heterocycles. The molecule has 20 heavy (non-hydrogen) atoms. The molecule has 0 aliphatic rings. The molecular formula is C14H18N2O2S2. The molecule has 2 rings (SSSR count). The Morgan fingerprint density at radius 3 is 2.45 bits per heavy atom. The van der Waals surface area contributed by atoms with Crippen LogP contribution in [0.4, 0.5) is 0 Å². The highest BCUT2D eigenvalue weighted by molar-refractivity contribution is 7.90. The van der Waals surface area contributed by atoms with E-state index in [2.05, 4.69) is 16.9 Å². The number of hydrogen-bond donors (Lipinski definition) is 2. The summed E-state index contributed by atoms with van der Waals surface area (Å²) in [7, 11) is -3.15. The number of hydrogen-bond acceptors (Lipinski definition) is 5. The van der Waals surface area contributed by atoms with Crippen LogP contribution >= 0.6 is 11.3 Å². The second-order valence-electron chi connectivity index (χ2n) is 4.68. The average Bonchev–Trinajstić information content (AvgIpc) is 2.92. The van der Waals surface area contributed by atoms with E-state index >= 15 is 0 Å².